The van der Waals surface area contributed by atoms with Gasteiger partial charge >= 0.3 is 0 Å². The van der Waals surface area contributed by atoms with Crippen LogP contribution in [-0.4, -0.2) is 12.8 Å². The molecule has 1 aromatic rings. The quantitative estimate of drug-likeness (QED) is 0.844. The van der Waals surface area contributed by atoms with Gasteiger partial charge in [-0.15, -0.1) is 0 Å². The van der Waals surface area contributed by atoms with Crippen molar-refractivity contribution in [2.75, 3.05) is 7.05 Å². The molecule has 0 bridgehead atoms. The fraction of sp³-hybridized carbons (Fsp3) is 0.400. The van der Waals surface area contributed by atoms with E-state index in [0.29, 0.717) is 0 Å². The molecule has 2 heteroatoms. The van der Waals surface area contributed by atoms with Crippen molar-refractivity contribution in [1.82, 2.24) is 5.32 Å². The van der Waals surface area contributed by atoms with Gasteiger partial charge in [-0.05, 0) is 18.1 Å². The van der Waals surface area contributed by atoms with Gasteiger partial charge in [-0.2, -0.15) is 0 Å². The van der Waals surface area contributed by atoms with Crippen LogP contribution in [0.4, 0.5) is 0 Å². The first-order valence-corrected chi connectivity index (χ1v) is 5.99. The van der Waals surface area contributed by atoms with E-state index in [1.54, 1.807) is 6.92 Å². The van der Waals surface area contributed by atoms with Crippen molar-refractivity contribution in [2.45, 2.75) is 32.6 Å². The second kappa shape index (κ2) is 4.02. The number of allylic oxidation sites excluding steroid dienone is 2. The Hall–Kier alpha value is -1.57. The third-order valence-electron chi connectivity index (χ3n) is 3.64. The zero-order chi connectivity index (χ0) is 12.6. The molecule has 90 valence electrons. The van der Waals surface area contributed by atoms with Crippen LogP contribution in [0.2, 0.25) is 0 Å². The third kappa shape index (κ3) is 1.78. The maximum atomic E-state index is 11.9. The average molecular weight is 229 g/mol. The molecule has 0 aliphatic heterocycles. The molecule has 0 spiro atoms. The highest BCUT2D eigenvalue weighted by atomic mass is 16.1. The molecule has 1 aliphatic carbocycles. The lowest BCUT2D eigenvalue weighted by molar-refractivity contribution is -0.114. The second-order valence-corrected chi connectivity index (χ2v) is 5.12. The normalized spacial score (nSPS) is 17.6. The van der Waals surface area contributed by atoms with E-state index in [0.717, 1.165) is 17.7 Å². The van der Waals surface area contributed by atoms with Crippen LogP contribution in [-0.2, 0) is 16.6 Å². The highest BCUT2D eigenvalue weighted by molar-refractivity contribution is 5.97. The fourth-order valence-corrected chi connectivity index (χ4v) is 2.94. The standard InChI is InChI=1S/C15H19NO/c1-10(17)14-13(16-4)9-11-7-5-6-8-12(11)15(14,2)3/h5-8,16H,9H2,1-4H3. The number of hydrogen-bond acceptors (Lipinski definition) is 2. The van der Waals surface area contributed by atoms with Gasteiger partial charge in [0.1, 0.15) is 0 Å². The lowest BCUT2D eigenvalue weighted by Gasteiger charge is -2.36. The summed E-state index contributed by atoms with van der Waals surface area (Å²) in [7, 11) is 1.89. The lowest BCUT2D eigenvalue weighted by Crippen LogP contribution is -2.34. The summed E-state index contributed by atoms with van der Waals surface area (Å²) >= 11 is 0. The number of likely N-dealkylation sites (N-methyl/N-ethyl adjacent to an activating group) is 1. The van der Waals surface area contributed by atoms with Crippen molar-refractivity contribution in [3.05, 3.63) is 46.7 Å². The maximum Gasteiger partial charge on any atom is 0.158 e. The number of ketones is 1. The maximum absolute atomic E-state index is 11.9. The monoisotopic (exact) mass is 229 g/mol. The molecule has 0 saturated heterocycles. The topological polar surface area (TPSA) is 29.1 Å². The van der Waals surface area contributed by atoms with Crippen LogP contribution in [0.5, 0.6) is 0 Å². The van der Waals surface area contributed by atoms with Crippen LogP contribution < -0.4 is 5.32 Å². The van der Waals surface area contributed by atoms with Crippen molar-refractivity contribution >= 4 is 5.78 Å². The van der Waals surface area contributed by atoms with Gasteiger partial charge in [-0.25, -0.2) is 0 Å². The molecule has 1 aliphatic rings. The molecule has 0 aromatic heterocycles. The number of carbonyl (C=O) groups excluding carboxylic acids is 1. The first kappa shape index (κ1) is 11.9. The van der Waals surface area contributed by atoms with Gasteiger partial charge in [0, 0.05) is 30.2 Å². The molecule has 17 heavy (non-hydrogen) atoms. The van der Waals surface area contributed by atoms with Gasteiger partial charge in [0.15, 0.2) is 5.78 Å². The van der Waals surface area contributed by atoms with Crippen LogP contribution in [0.1, 0.15) is 31.9 Å². The Morgan fingerprint density at radius 2 is 1.94 bits per heavy atom. The van der Waals surface area contributed by atoms with Gasteiger partial charge in [-0.1, -0.05) is 38.1 Å². The number of fused-ring (bicyclic) bond motifs is 1. The summed E-state index contributed by atoms with van der Waals surface area (Å²) in [5, 5.41) is 3.19. The second-order valence-electron chi connectivity index (χ2n) is 5.12. The van der Waals surface area contributed by atoms with Gasteiger partial charge in [-0.3, -0.25) is 4.79 Å². The molecule has 0 fully saturated rings. The summed E-state index contributed by atoms with van der Waals surface area (Å²) < 4.78 is 0. The smallest absolute Gasteiger partial charge is 0.158 e. The van der Waals surface area contributed by atoms with Gasteiger partial charge in [0.05, 0.1) is 0 Å². The zero-order valence-corrected chi connectivity index (χ0v) is 10.9. The number of benzene rings is 1. The van der Waals surface area contributed by atoms with Gasteiger partial charge in [0.2, 0.25) is 0 Å². The third-order valence-corrected chi connectivity index (χ3v) is 3.64. The molecular formula is C15H19NO. The molecule has 2 nitrogen and oxygen atoms in total. The van der Waals surface area contributed by atoms with E-state index >= 15 is 0 Å². The number of nitrogens with one attached hydrogen (secondary N) is 1. The van der Waals surface area contributed by atoms with E-state index in [1.807, 2.05) is 13.1 Å². The largest absolute Gasteiger partial charge is 0.391 e. The molecule has 1 aromatic carbocycles. The van der Waals surface area contributed by atoms with Crippen molar-refractivity contribution in [2.24, 2.45) is 0 Å². The van der Waals surface area contributed by atoms with Crippen molar-refractivity contribution in [3.8, 4) is 0 Å². The predicted octanol–water partition coefficient (Wildman–Crippen LogP) is 2.58. The Morgan fingerprint density at radius 1 is 1.29 bits per heavy atom. The molecule has 0 amide bonds. The Morgan fingerprint density at radius 3 is 2.53 bits per heavy atom. The van der Waals surface area contributed by atoms with Crippen LogP contribution in [0.25, 0.3) is 0 Å². The Kier molecular flexibility index (Phi) is 2.82. The molecule has 0 saturated carbocycles. The SMILES string of the molecule is CNC1=C(C(C)=O)C(C)(C)c2ccccc2C1. The van der Waals surface area contributed by atoms with E-state index in [4.69, 9.17) is 0 Å². The lowest BCUT2D eigenvalue weighted by atomic mass is 9.69. The summed E-state index contributed by atoms with van der Waals surface area (Å²) in [6.07, 6.45) is 0.824. The Balaban J connectivity index is 2.66. The fourth-order valence-electron chi connectivity index (χ4n) is 2.94. The van der Waals surface area contributed by atoms with E-state index < -0.39 is 0 Å². The number of hydrogen-bond donors (Lipinski definition) is 1. The molecule has 0 heterocycles. The summed E-state index contributed by atoms with van der Waals surface area (Å²) in [4.78, 5) is 11.9. The minimum atomic E-state index is -0.209. The van der Waals surface area contributed by atoms with Crippen molar-refractivity contribution in [1.29, 1.82) is 0 Å². The first-order valence-electron chi connectivity index (χ1n) is 5.99. The van der Waals surface area contributed by atoms with Crippen LogP contribution >= 0.6 is 0 Å². The van der Waals surface area contributed by atoms with E-state index in [1.165, 1.54) is 11.1 Å². The Labute approximate surface area is 103 Å². The number of carbonyl (C=O) groups is 1. The van der Waals surface area contributed by atoms with E-state index in [9.17, 15) is 4.79 Å². The minimum Gasteiger partial charge on any atom is -0.391 e. The van der Waals surface area contributed by atoms with Crippen molar-refractivity contribution < 1.29 is 4.79 Å². The molecule has 0 unspecified atom stereocenters. The Bertz CT molecular complexity index is 497. The predicted molar refractivity (Wildman–Crippen MR) is 69.9 cm³/mol. The van der Waals surface area contributed by atoms with E-state index in [-0.39, 0.29) is 11.2 Å². The van der Waals surface area contributed by atoms with Gasteiger partial charge < -0.3 is 5.32 Å². The molecule has 2 rings (SSSR count). The molecular weight excluding hydrogens is 210 g/mol. The van der Waals surface area contributed by atoms with Gasteiger partial charge in [0.25, 0.3) is 0 Å². The zero-order valence-electron chi connectivity index (χ0n) is 10.9. The number of rotatable bonds is 2. The number of Topliss-reactive ketones (excluding diaryl/α,β-unsaturated/α-hetero) is 1. The first-order chi connectivity index (χ1) is 7.98. The molecule has 0 atom stereocenters. The summed E-state index contributed by atoms with van der Waals surface area (Å²) in [5.74, 6) is 0.161. The van der Waals surface area contributed by atoms with Crippen LogP contribution in [0, 0.1) is 0 Å². The molecule has 0 radical (unpaired) electrons. The highest BCUT2D eigenvalue weighted by Crippen LogP contribution is 2.40. The van der Waals surface area contributed by atoms with Crippen LogP contribution in [0.3, 0.4) is 0 Å². The van der Waals surface area contributed by atoms with E-state index in [2.05, 4.69) is 37.4 Å². The minimum absolute atomic E-state index is 0.161. The molecule has 1 N–H and O–H groups in total. The summed E-state index contributed by atoms with van der Waals surface area (Å²) in [5.41, 5.74) is 4.34. The summed E-state index contributed by atoms with van der Waals surface area (Å²) in [6, 6.07) is 8.37. The summed E-state index contributed by atoms with van der Waals surface area (Å²) in [6.45, 7) is 5.90. The average Bonchev–Trinajstić information content (AvgIpc) is 2.27. The van der Waals surface area contributed by atoms with Crippen molar-refractivity contribution in [3.63, 3.8) is 0 Å². The van der Waals surface area contributed by atoms with Crippen LogP contribution in [0.15, 0.2) is 35.5 Å². The highest BCUT2D eigenvalue weighted by Gasteiger charge is 2.36.